The van der Waals surface area contributed by atoms with E-state index in [1.165, 1.54) is 19.4 Å². The van der Waals surface area contributed by atoms with Crippen LogP contribution < -0.4 is 10.6 Å². The summed E-state index contributed by atoms with van der Waals surface area (Å²) in [7, 11) is 1.29. The van der Waals surface area contributed by atoms with Gasteiger partial charge in [-0.2, -0.15) is 0 Å². The molecule has 1 fully saturated rings. The Bertz CT molecular complexity index is 487. The van der Waals surface area contributed by atoms with Gasteiger partial charge in [0.2, 0.25) is 5.91 Å². The largest absolute Gasteiger partial charge is 0.465 e. The van der Waals surface area contributed by atoms with Gasteiger partial charge in [-0.3, -0.25) is 4.79 Å². The molecule has 1 aromatic rings. The van der Waals surface area contributed by atoms with Crippen LogP contribution in [0.15, 0.2) is 12.3 Å². The zero-order valence-corrected chi connectivity index (χ0v) is 10.2. The summed E-state index contributed by atoms with van der Waals surface area (Å²) >= 11 is 0. The summed E-state index contributed by atoms with van der Waals surface area (Å²) in [6, 6.07) is 1.43. The van der Waals surface area contributed by atoms with Crippen LogP contribution in [0.3, 0.4) is 0 Å². The van der Waals surface area contributed by atoms with Crippen LogP contribution in [0.2, 0.25) is 0 Å². The Morgan fingerprint density at radius 2 is 2.28 bits per heavy atom. The molecule has 1 amide bonds. The number of esters is 1. The first-order valence-corrected chi connectivity index (χ1v) is 5.77. The Labute approximate surface area is 105 Å². The number of methoxy groups -OCH3 is 1. The second-order valence-corrected chi connectivity index (χ2v) is 4.12. The van der Waals surface area contributed by atoms with Crippen LogP contribution >= 0.6 is 0 Å². The molecule has 96 valence electrons. The summed E-state index contributed by atoms with van der Waals surface area (Å²) in [5.41, 5.74) is 6.31. The van der Waals surface area contributed by atoms with Crippen molar-refractivity contribution in [2.45, 2.75) is 19.3 Å². The number of nitrogens with zero attached hydrogens (tertiary/aromatic N) is 2. The molecule has 18 heavy (non-hydrogen) atoms. The van der Waals surface area contributed by atoms with E-state index in [2.05, 4.69) is 4.98 Å². The maximum atomic E-state index is 11.9. The van der Waals surface area contributed by atoms with Crippen LogP contribution in [-0.4, -0.2) is 30.5 Å². The van der Waals surface area contributed by atoms with Crippen molar-refractivity contribution in [2.24, 2.45) is 0 Å². The first kappa shape index (κ1) is 12.3. The third kappa shape index (κ3) is 2.27. The maximum absolute atomic E-state index is 11.9. The molecule has 0 aromatic carbocycles. The monoisotopic (exact) mass is 249 g/mol. The van der Waals surface area contributed by atoms with Gasteiger partial charge in [-0.25, -0.2) is 9.78 Å². The number of rotatable bonds is 2. The number of hydrogen-bond acceptors (Lipinski definition) is 5. The minimum atomic E-state index is -0.516. The van der Waals surface area contributed by atoms with Crippen molar-refractivity contribution >= 4 is 23.4 Å². The average molecular weight is 249 g/mol. The molecule has 0 radical (unpaired) electrons. The standard InChI is InChI=1S/C12H15N3O3/c1-18-12(17)8-6-10(13)14-7-9(8)15-5-3-2-4-11(15)16/h6-7H,2-5H2,1H3,(H2,13,14). The van der Waals surface area contributed by atoms with Crippen molar-refractivity contribution < 1.29 is 14.3 Å². The van der Waals surface area contributed by atoms with E-state index in [1.807, 2.05) is 0 Å². The minimum absolute atomic E-state index is 0.00188. The van der Waals surface area contributed by atoms with Gasteiger partial charge in [-0.05, 0) is 18.9 Å². The number of ether oxygens (including phenoxy) is 1. The number of amides is 1. The SMILES string of the molecule is COC(=O)c1cc(N)ncc1N1CCCCC1=O. The second-order valence-electron chi connectivity index (χ2n) is 4.12. The normalized spacial score (nSPS) is 15.6. The lowest BCUT2D eigenvalue weighted by Crippen LogP contribution is -2.36. The zero-order valence-electron chi connectivity index (χ0n) is 10.2. The summed E-state index contributed by atoms with van der Waals surface area (Å²) in [6.45, 7) is 0.592. The first-order chi connectivity index (χ1) is 8.63. The number of aromatic nitrogens is 1. The molecular formula is C12H15N3O3. The molecule has 0 spiro atoms. The molecule has 1 aliphatic rings. The molecule has 0 atom stereocenters. The Kier molecular flexibility index (Phi) is 3.45. The highest BCUT2D eigenvalue weighted by molar-refractivity contribution is 6.03. The Balaban J connectivity index is 2.42. The summed E-state index contributed by atoms with van der Waals surface area (Å²) in [5.74, 6) is -0.293. The van der Waals surface area contributed by atoms with Gasteiger partial charge >= 0.3 is 5.97 Å². The molecule has 0 saturated carbocycles. The number of carbonyl (C=O) groups excluding carboxylic acids is 2. The van der Waals surface area contributed by atoms with E-state index in [9.17, 15) is 9.59 Å². The molecule has 0 bridgehead atoms. The molecule has 6 nitrogen and oxygen atoms in total. The topological polar surface area (TPSA) is 85.5 Å². The summed E-state index contributed by atoms with van der Waals surface area (Å²) in [5, 5.41) is 0. The zero-order chi connectivity index (χ0) is 13.1. The van der Waals surface area contributed by atoms with E-state index in [-0.39, 0.29) is 17.3 Å². The summed E-state index contributed by atoms with van der Waals surface area (Å²) in [6.07, 6.45) is 3.73. The molecule has 2 heterocycles. The number of carbonyl (C=O) groups is 2. The van der Waals surface area contributed by atoms with E-state index in [4.69, 9.17) is 10.5 Å². The summed E-state index contributed by atoms with van der Waals surface area (Å²) < 4.78 is 4.70. The third-order valence-electron chi connectivity index (χ3n) is 2.92. The van der Waals surface area contributed by atoms with Crippen molar-refractivity contribution in [3.05, 3.63) is 17.8 Å². The number of anilines is 2. The van der Waals surface area contributed by atoms with Crippen molar-refractivity contribution in [3.63, 3.8) is 0 Å². The predicted octanol–water partition coefficient (Wildman–Crippen LogP) is 0.967. The number of hydrogen-bond donors (Lipinski definition) is 1. The highest BCUT2D eigenvalue weighted by Crippen LogP contribution is 2.26. The Morgan fingerprint density at radius 3 is 2.94 bits per heavy atom. The first-order valence-electron chi connectivity index (χ1n) is 5.77. The highest BCUT2D eigenvalue weighted by atomic mass is 16.5. The van der Waals surface area contributed by atoms with Crippen LogP contribution in [0.25, 0.3) is 0 Å². The van der Waals surface area contributed by atoms with Crippen molar-refractivity contribution in [1.29, 1.82) is 0 Å². The Hall–Kier alpha value is -2.11. The van der Waals surface area contributed by atoms with Crippen LogP contribution in [0.1, 0.15) is 29.6 Å². The summed E-state index contributed by atoms with van der Waals surface area (Å²) in [4.78, 5) is 29.1. The lowest BCUT2D eigenvalue weighted by atomic mass is 10.1. The van der Waals surface area contributed by atoms with Crippen LogP contribution in [0.5, 0.6) is 0 Å². The molecule has 1 aromatic heterocycles. The van der Waals surface area contributed by atoms with E-state index in [0.29, 0.717) is 18.7 Å². The van der Waals surface area contributed by atoms with Gasteiger partial charge in [-0.15, -0.1) is 0 Å². The number of nitrogens with two attached hydrogens (primary N) is 1. The van der Waals surface area contributed by atoms with E-state index < -0.39 is 5.97 Å². The number of nitrogen functional groups attached to an aromatic ring is 1. The van der Waals surface area contributed by atoms with Crippen molar-refractivity contribution in [3.8, 4) is 0 Å². The second kappa shape index (κ2) is 5.03. The lowest BCUT2D eigenvalue weighted by Gasteiger charge is -2.27. The van der Waals surface area contributed by atoms with E-state index in [1.54, 1.807) is 4.90 Å². The molecule has 2 rings (SSSR count). The van der Waals surface area contributed by atoms with Gasteiger partial charge < -0.3 is 15.4 Å². The fraction of sp³-hybridized carbons (Fsp3) is 0.417. The fourth-order valence-corrected chi connectivity index (χ4v) is 2.01. The van der Waals surface area contributed by atoms with Gasteiger partial charge in [0, 0.05) is 13.0 Å². The quantitative estimate of drug-likeness (QED) is 0.789. The van der Waals surface area contributed by atoms with Gasteiger partial charge in [0.15, 0.2) is 0 Å². The van der Waals surface area contributed by atoms with Crippen molar-refractivity contribution in [1.82, 2.24) is 4.98 Å². The van der Waals surface area contributed by atoms with Crippen LogP contribution in [0, 0.1) is 0 Å². The molecular weight excluding hydrogens is 234 g/mol. The molecule has 1 saturated heterocycles. The minimum Gasteiger partial charge on any atom is -0.465 e. The maximum Gasteiger partial charge on any atom is 0.340 e. The molecule has 0 aliphatic carbocycles. The van der Waals surface area contributed by atoms with Crippen LogP contribution in [-0.2, 0) is 9.53 Å². The smallest absolute Gasteiger partial charge is 0.340 e. The van der Waals surface area contributed by atoms with Crippen molar-refractivity contribution in [2.75, 3.05) is 24.3 Å². The van der Waals surface area contributed by atoms with Gasteiger partial charge in [0.1, 0.15) is 5.82 Å². The molecule has 6 heteroatoms. The highest BCUT2D eigenvalue weighted by Gasteiger charge is 2.25. The van der Waals surface area contributed by atoms with E-state index >= 15 is 0 Å². The van der Waals surface area contributed by atoms with Gasteiger partial charge in [0.05, 0.1) is 24.6 Å². The Morgan fingerprint density at radius 1 is 1.50 bits per heavy atom. The fourth-order valence-electron chi connectivity index (χ4n) is 2.01. The van der Waals surface area contributed by atoms with Crippen LogP contribution in [0.4, 0.5) is 11.5 Å². The number of piperidine rings is 1. The molecule has 0 unspecified atom stereocenters. The van der Waals surface area contributed by atoms with Gasteiger partial charge in [-0.1, -0.05) is 0 Å². The van der Waals surface area contributed by atoms with Gasteiger partial charge in [0.25, 0.3) is 0 Å². The molecule has 1 aliphatic heterocycles. The third-order valence-corrected chi connectivity index (χ3v) is 2.92. The number of pyridine rings is 1. The lowest BCUT2D eigenvalue weighted by molar-refractivity contribution is -0.119. The predicted molar refractivity (Wildman–Crippen MR) is 66.2 cm³/mol. The molecule has 2 N–H and O–H groups in total. The average Bonchev–Trinajstić information content (AvgIpc) is 2.39. The van der Waals surface area contributed by atoms with E-state index in [0.717, 1.165) is 12.8 Å².